The van der Waals surface area contributed by atoms with Gasteiger partial charge in [0.2, 0.25) is 0 Å². The molecular weight excluding hydrogens is 128 g/mol. The maximum Gasteiger partial charge on any atom is 0.314 e. The minimum atomic E-state index is -0.0674. The lowest BCUT2D eigenvalue weighted by molar-refractivity contribution is 0.193. The molecular formula is C7H14N2O. The highest BCUT2D eigenvalue weighted by molar-refractivity contribution is 5.74. The van der Waals surface area contributed by atoms with Crippen molar-refractivity contribution < 1.29 is 4.79 Å². The highest BCUT2D eigenvalue weighted by Crippen LogP contribution is 2.30. The Balaban J connectivity index is 2.29. The first-order chi connectivity index (χ1) is 4.66. The number of rotatable bonds is 1. The average molecular weight is 142 g/mol. The largest absolute Gasteiger partial charge is 0.341 e. The lowest BCUT2D eigenvalue weighted by atomic mass is 9.79. The molecule has 0 unspecified atom stereocenters. The summed E-state index contributed by atoms with van der Waals surface area (Å²) < 4.78 is 0. The van der Waals surface area contributed by atoms with E-state index in [0.29, 0.717) is 0 Å². The van der Waals surface area contributed by atoms with Gasteiger partial charge in [-0.05, 0) is 26.2 Å². The van der Waals surface area contributed by atoms with Gasteiger partial charge in [0.05, 0.1) is 0 Å². The van der Waals surface area contributed by atoms with E-state index in [4.69, 9.17) is 0 Å². The molecule has 0 aromatic carbocycles. The van der Waals surface area contributed by atoms with E-state index >= 15 is 0 Å². The van der Waals surface area contributed by atoms with Crippen LogP contribution in [0.1, 0.15) is 26.2 Å². The quantitative estimate of drug-likeness (QED) is 0.560. The van der Waals surface area contributed by atoms with Crippen LogP contribution in [0.25, 0.3) is 0 Å². The number of amides is 2. The van der Waals surface area contributed by atoms with Gasteiger partial charge < -0.3 is 10.6 Å². The zero-order chi connectivity index (χ0) is 7.61. The minimum absolute atomic E-state index is 0.0674. The molecule has 3 heteroatoms. The van der Waals surface area contributed by atoms with Crippen LogP contribution in [0.5, 0.6) is 0 Å². The predicted molar refractivity (Wildman–Crippen MR) is 39.8 cm³/mol. The normalized spacial score (nSPS) is 21.0. The van der Waals surface area contributed by atoms with Crippen LogP contribution in [0.2, 0.25) is 0 Å². The van der Waals surface area contributed by atoms with Crippen molar-refractivity contribution in [1.29, 1.82) is 0 Å². The molecule has 0 aliphatic heterocycles. The molecule has 0 bridgehead atoms. The number of nitrogens with one attached hydrogen (secondary N) is 2. The zero-order valence-electron chi connectivity index (χ0n) is 6.53. The van der Waals surface area contributed by atoms with E-state index in [-0.39, 0.29) is 11.6 Å². The molecule has 2 amide bonds. The van der Waals surface area contributed by atoms with Crippen LogP contribution in [-0.4, -0.2) is 18.6 Å². The molecule has 0 saturated heterocycles. The molecule has 0 aromatic heterocycles. The van der Waals surface area contributed by atoms with Crippen molar-refractivity contribution in [3.8, 4) is 0 Å². The van der Waals surface area contributed by atoms with Crippen molar-refractivity contribution in [2.24, 2.45) is 0 Å². The Hall–Kier alpha value is -0.730. The Kier molecular flexibility index (Phi) is 1.83. The SMILES string of the molecule is CNC(=O)NC1(C)CCC1. The van der Waals surface area contributed by atoms with E-state index in [1.807, 2.05) is 0 Å². The molecule has 1 aliphatic carbocycles. The van der Waals surface area contributed by atoms with E-state index in [9.17, 15) is 4.79 Å². The standard InChI is InChI=1S/C7H14N2O/c1-7(4-3-5-7)9-6(10)8-2/h3-5H2,1-2H3,(H2,8,9,10). The fraction of sp³-hybridized carbons (Fsp3) is 0.857. The average Bonchev–Trinajstić information content (AvgIpc) is 1.84. The third kappa shape index (κ3) is 1.40. The summed E-state index contributed by atoms with van der Waals surface area (Å²) in [6, 6.07) is -0.0674. The molecule has 1 fully saturated rings. The Morgan fingerprint density at radius 2 is 2.10 bits per heavy atom. The van der Waals surface area contributed by atoms with Crippen molar-refractivity contribution in [3.63, 3.8) is 0 Å². The van der Waals surface area contributed by atoms with Crippen LogP contribution in [-0.2, 0) is 0 Å². The van der Waals surface area contributed by atoms with Gasteiger partial charge in [0.25, 0.3) is 0 Å². The Morgan fingerprint density at radius 1 is 1.50 bits per heavy atom. The molecule has 3 nitrogen and oxygen atoms in total. The van der Waals surface area contributed by atoms with Crippen molar-refractivity contribution in [1.82, 2.24) is 10.6 Å². The molecule has 2 N–H and O–H groups in total. The molecule has 1 aliphatic rings. The van der Waals surface area contributed by atoms with Crippen LogP contribution < -0.4 is 10.6 Å². The molecule has 0 aromatic rings. The first-order valence-electron chi connectivity index (χ1n) is 3.66. The summed E-state index contributed by atoms with van der Waals surface area (Å²) in [5.41, 5.74) is 0.0834. The van der Waals surface area contributed by atoms with E-state index in [1.165, 1.54) is 6.42 Å². The second kappa shape index (κ2) is 2.48. The van der Waals surface area contributed by atoms with Gasteiger partial charge in [-0.15, -0.1) is 0 Å². The molecule has 1 rings (SSSR count). The van der Waals surface area contributed by atoms with Gasteiger partial charge in [-0.25, -0.2) is 4.79 Å². The van der Waals surface area contributed by atoms with Crippen molar-refractivity contribution in [3.05, 3.63) is 0 Å². The molecule has 1 saturated carbocycles. The molecule has 0 atom stereocenters. The third-order valence-corrected chi connectivity index (χ3v) is 2.10. The van der Waals surface area contributed by atoms with E-state index in [2.05, 4.69) is 17.6 Å². The first kappa shape index (κ1) is 7.38. The summed E-state index contributed by atoms with van der Waals surface area (Å²) in [5.74, 6) is 0. The zero-order valence-corrected chi connectivity index (χ0v) is 6.53. The molecule has 58 valence electrons. The number of hydrogen-bond acceptors (Lipinski definition) is 1. The van der Waals surface area contributed by atoms with Crippen LogP contribution in [0, 0.1) is 0 Å². The smallest absolute Gasteiger partial charge is 0.314 e. The summed E-state index contributed by atoms with van der Waals surface area (Å²) in [6.45, 7) is 2.08. The first-order valence-corrected chi connectivity index (χ1v) is 3.66. The van der Waals surface area contributed by atoms with Gasteiger partial charge >= 0.3 is 6.03 Å². The Labute approximate surface area is 61.2 Å². The minimum Gasteiger partial charge on any atom is -0.341 e. The fourth-order valence-corrected chi connectivity index (χ4v) is 1.17. The monoisotopic (exact) mass is 142 g/mol. The van der Waals surface area contributed by atoms with E-state index < -0.39 is 0 Å². The molecule has 0 radical (unpaired) electrons. The number of urea groups is 1. The fourth-order valence-electron chi connectivity index (χ4n) is 1.17. The van der Waals surface area contributed by atoms with Crippen molar-refractivity contribution >= 4 is 6.03 Å². The summed E-state index contributed by atoms with van der Waals surface area (Å²) in [6.07, 6.45) is 3.46. The molecule has 0 spiro atoms. The van der Waals surface area contributed by atoms with Gasteiger partial charge in [-0.1, -0.05) is 0 Å². The number of carbonyl (C=O) groups is 1. The third-order valence-electron chi connectivity index (χ3n) is 2.10. The summed E-state index contributed by atoms with van der Waals surface area (Å²) in [5, 5.41) is 5.43. The van der Waals surface area contributed by atoms with Crippen molar-refractivity contribution in [2.75, 3.05) is 7.05 Å². The van der Waals surface area contributed by atoms with Crippen LogP contribution in [0.4, 0.5) is 4.79 Å². The number of hydrogen-bond donors (Lipinski definition) is 2. The highest BCUT2D eigenvalue weighted by atomic mass is 16.2. The second-order valence-electron chi connectivity index (χ2n) is 3.12. The lowest BCUT2D eigenvalue weighted by Crippen LogP contribution is -2.53. The number of carbonyl (C=O) groups excluding carboxylic acids is 1. The molecule has 10 heavy (non-hydrogen) atoms. The lowest BCUT2D eigenvalue weighted by Gasteiger charge is -2.38. The summed E-state index contributed by atoms with van der Waals surface area (Å²) in [4.78, 5) is 10.8. The predicted octanol–water partition coefficient (Wildman–Crippen LogP) is 0.858. The van der Waals surface area contributed by atoms with Crippen LogP contribution >= 0.6 is 0 Å². The molecule has 0 heterocycles. The van der Waals surface area contributed by atoms with Gasteiger partial charge in [0.1, 0.15) is 0 Å². The van der Waals surface area contributed by atoms with Gasteiger partial charge in [0.15, 0.2) is 0 Å². The topological polar surface area (TPSA) is 41.1 Å². The van der Waals surface area contributed by atoms with Gasteiger partial charge in [-0.3, -0.25) is 0 Å². The van der Waals surface area contributed by atoms with Crippen LogP contribution in [0.15, 0.2) is 0 Å². The van der Waals surface area contributed by atoms with Crippen LogP contribution in [0.3, 0.4) is 0 Å². The van der Waals surface area contributed by atoms with Crippen molar-refractivity contribution in [2.45, 2.75) is 31.7 Å². The van der Waals surface area contributed by atoms with E-state index in [0.717, 1.165) is 12.8 Å². The van der Waals surface area contributed by atoms with E-state index in [1.54, 1.807) is 7.05 Å². The Morgan fingerprint density at radius 3 is 2.40 bits per heavy atom. The van der Waals surface area contributed by atoms with Gasteiger partial charge in [-0.2, -0.15) is 0 Å². The maximum atomic E-state index is 10.8. The highest BCUT2D eigenvalue weighted by Gasteiger charge is 2.32. The summed E-state index contributed by atoms with van der Waals surface area (Å²) in [7, 11) is 1.64. The van der Waals surface area contributed by atoms with Gasteiger partial charge in [0, 0.05) is 12.6 Å². The maximum absolute atomic E-state index is 10.8. The second-order valence-corrected chi connectivity index (χ2v) is 3.12. The Bertz CT molecular complexity index is 141. The summed E-state index contributed by atoms with van der Waals surface area (Å²) >= 11 is 0.